The van der Waals surface area contributed by atoms with Crippen molar-refractivity contribution in [1.29, 1.82) is 0 Å². The van der Waals surface area contributed by atoms with Gasteiger partial charge < -0.3 is 4.55 Å². The van der Waals surface area contributed by atoms with E-state index in [4.69, 9.17) is 0 Å². The average Bonchev–Trinajstić information content (AvgIpc) is 2.31. The predicted molar refractivity (Wildman–Crippen MR) is 47.3 cm³/mol. The van der Waals surface area contributed by atoms with Crippen molar-refractivity contribution in [3.63, 3.8) is 0 Å². The Balaban J connectivity index is 0.00000169. The topological polar surface area (TPSA) is 95.0 Å². The van der Waals surface area contributed by atoms with E-state index in [2.05, 4.69) is 10.2 Å². The van der Waals surface area contributed by atoms with Gasteiger partial charge in [-0.05, 0) is 0 Å². The molecule has 0 radical (unpaired) electrons. The van der Waals surface area contributed by atoms with Gasteiger partial charge in [0, 0.05) is 5.92 Å². The smallest absolute Gasteiger partial charge is 0.731 e. The summed E-state index contributed by atoms with van der Waals surface area (Å²) in [6.45, 7) is 3.80. The molecule has 9 heteroatoms. The number of rotatable bonds is 3. The molecule has 1 heterocycles. The maximum Gasteiger partial charge on any atom is 1.00 e. The van der Waals surface area contributed by atoms with Crippen LogP contribution in [-0.4, -0.2) is 23.2 Å². The van der Waals surface area contributed by atoms with Crippen molar-refractivity contribution in [1.82, 2.24) is 10.2 Å². The molecule has 0 aliphatic heterocycles. The zero-order valence-electron chi connectivity index (χ0n) is 8.01. The fraction of sp³-hybridized carbons (Fsp3) is 0.600. The molecule has 6 nitrogen and oxygen atoms in total. The molecule has 0 spiro atoms. The Bertz CT molecular complexity index is 389. The van der Waals surface area contributed by atoms with Crippen molar-refractivity contribution in [2.45, 2.75) is 19.8 Å². The van der Waals surface area contributed by atoms with Gasteiger partial charge in [0.05, 0.1) is 0 Å². The predicted octanol–water partition coefficient (Wildman–Crippen LogP) is -2.46. The minimum Gasteiger partial charge on any atom is -0.731 e. The second-order valence-corrected chi connectivity index (χ2v) is 4.78. The van der Waals surface area contributed by atoms with Crippen molar-refractivity contribution in [2.75, 3.05) is 4.72 Å². The van der Waals surface area contributed by atoms with E-state index in [1.165, 1.54) is 0 Å². The van der Waals surface area contributed by atoms with E-state index in [0.29, 0.717) is 5.01 Å². The van der Waals surface area contributed by atoms with Crippen LogP contribution in [0.15, 0.2) is 0 Å². The first-order valence-electron chi connectivity index (χ1n) is 3.45. The van der Waals surface area contributed by atoms with Gasteiger partial charge in [-0.1, -0.05) is 25.2 Å². The molecule has 0 amide bonds. The minimum absolute atomic E-state index is 0. The first-order chi connectivity index (χ1) is 5.88. The molecular weight excluding hydrogens is 237 g/mol. The van der Waals surface area contributed by atoms with Crippen molar-refractivity contribution >= 4 is 26.8 Å². The van der Waals surface area contributed by atoms with E-state index < -0.39 is 10.3 Å². The summed E-state index contributed by atoms with van der Waals surface area (Å²) in [5.74, 6) is 0.169. The fourth-order valence-electron chi connectivity index (χ4n) is 0.616. The molecule has 1 rings (SSSR count). The second-order valence-electron chi connectivity index (χ2n) is 2.66. The van der Waals surface area contributed by atoms with Crippen LogP contribution < -0.4 is 34.3 Å². The molecule has 0 saturated carbocycles. The Morgan fingerprint density at radius 1 is 1.43 bits per heavy atom. The van der Waals surface area contributed by atoms with Gasteiger partial charge in [-0.25, -0.2) is 8.42 Å². The largest absolute Gasteiger partial charge is 1.00 e. The number of anilines is 1. The fourth-order valence-corrected chi connectivity index (χ4v) is 1.94. The van der Waals surface area contributed by atoms with Gasteiger partial charge in [-0.15, -0.1) is 10.2 Å². The van der Waals surface area contributed by atoms with Crippen molar-refractivity contribution in [3.05, 3.63) is 5.01 Å². The summed E-state index contributed by atoms with van der Waals surface area (Å²) in [5.41, 5.74) is 0. The summed E-state index contributed by atoms with van der Waals surface area (Å²) in [4.78, 5) is 0. The molecule has 74 valence electrons. The molecule has 0 atom stereocenters. The third-order valence-corrected chi connectivity index (χ3v) is 2.86. The first-order valence-corrected chi connectivity index (χ1v) is 5.68. The zero-order chi connectivity index (χ0) is 10.1. The van der Waals surface area contributed by atoms with Crippen molar-refractivity contribution in [2.24, 2.45) is 0 Å². The maximum absolute atomic E-state index is 10.3. The number of hydrogen-bond donors (Lipinski definition) is 1. The second kappa shape index (κ2) is 5.38. The summed E-state index contributed by atoms with van der Waals surface area (Å²) in [6, 6.07) is 0. The van der Waals surface area contributed by atoms with Crippen LogP contribution in [-0.2, 0) is 10.3 Å². The van der Waals surface area contributed by atoms with Crippen molar-refractivity contribution in [3.8, 4) is 0 Å². The summed E-state index contributed by atoms with van der Waals surface area (Å²) >= 11 is 1.06. The first kappa shape index (κ1) is 14.3. The van der Waals surface area contributed by atoms with E-state index in [1.807, 2.05) is 13.8 Å². The molecule has 0 unspecified atom stereocenters. The summed E-state index contributed by atoms with van der Waals surface area (Å²) < 4.78 is 32.5. The van der Waals surface area contributed by atoms with Crippen LogP contribution in [0.4, 0.5) is 5.13 Å². The van der Waals surface area contributed by atoms with Crippen molar-refractivity contribution < 1.29 is 42.5 Å². The van der Waals surface area contributed by atoms with Gasteiger partial charge in [0.2, 0.25) is 5.13 Å². The maximum atomic E-state index is 10.3. The van der Waals surface area contributed by atoms with Gasteiger partial charge >= 0.3 is 29.6 Å². The summed E-state index contributed by atoms with van der Waals surface area (Å²) in [5, 5.41) is 7.90. The third kappa shape index (κ3) is 4.67. The monoisotopic (exact) mass is 245 g/mol. The van der Waals surface area contributed by atoms with Crippen LogP contribution in [0.2, 0.25) is 0 Å². The summed E-state index contributed by atoms with van der Waals surface area (Å²) in [7, 11) is -4.48. The van der Waals surface area contributed by atoms with E-state index in [9.17, 15) is 13.0 Å². The number of nitrogens with one attached hydrogen (secondary N) is 1. The Morgan fingerprint density at radius 3 is 2.36 bits per heavy atom. The third-order valence-electron chi connectivity index (χ3n) is 1.15. The SMILES string of the molecule is CC(C)c1nnc(NS(=O)(=O)[O-])s1.[Na+]. The Labute approximate surface area is 108 Å². The van der Waals surface area contributed by atoms with Gasteiger partial charge in [0.1, 0.15) is 5.01 Å². The van der Waals surface area contributed by atoms with Gasteiger partial charge in [-0.3, -0.25) is 4.72 Å². The standard InChI is InChI=1S/C5H9N3O3S2.Na/c1-3(2)4-6-7-5(12-4)8-13(9,10)11;/h3H,1-2H3,(H,7,8)(H,9,10,11);/q;+1/p-1. The van der Waals surface area contributed by atoms with Gasteiger partial charge in [0.15, 0.2) is 10.3 Å². The molecule has 14 heavy (non-hydrogen) atoms. The molecular formula is C5H8N3NaO3S2. The molecule has 1 aromatic rings. The number of nitrogens with zero attached hydrogens (tertiary/aromatic N) is 2. The van der Waals surface area contributed by atoms with Gasteiger partial charge in [0.25, 0.3) is 0 Å². The molecule has 0 aromatic carbocycles. The molecule has 0 aliphatic rings. The van der Waals surface area contributed by atoms with E-state index >= 15 is 0 Å². The molecule has 0 saturated heterocycles. The van der Waals surface area contributed by atoms with Crippen LogP contribution in [0, 0.1) is 0 Å². The van der Waals surface area contributed by atoms with Crippen LogP contribution in [0.1, 0.15) is 24.8 Å². The van der Waals surface area contributed by atoms with Gasteiger partial charge in [-0.2, -0.15) is 0 Å². The molecule has 1 N–H and O–H groups in total. The average molecular weight is 245 g/mol. The normalized spacial score (nSPS) is 11.1. The number of hydrogen-bond acceptors (Lipinski definition) is 6. The van der Waals surface area contributed by atoms with E-state index in [-0.39, 0.29) is 40.6 Å². The number of aromatic nitrogens is 2. The molecule has 1 aromatic heterocycles. The van der Waals surface area contributed by atoms with E-state index in [0.717, 1.165) is 11.3 Å². The Hall–Kier alpha value is 0.270. The van der Waals surface area contributed by atoms with Crippen LogP contribution in [0.25, 0.3) is 0 Å². The quantitative estimate of drug-likeness (QED) is 0.470. The van der Waals surface area contributed by atoms with Crippen LogP contribution in [0.3, 0.4) is 0 Å². The minimum atomic E-state index is -4.48. The zero-order valence-corrected chi connectivity index (χ0v) is 11.6. The summed E-state index contributed by atoms with van der Waals surface area (Å²) in [6.07, 6.45) is 0. The Kier molecular flexibility index (Phi) is 5.48. The van der Waals surface area contributed by atoms with Crippen LogP contribution in [0.5, 0.6) is 0 Å². The molecule has 0 bridgehead atoms. The molecule has 0 aliphatic carbocycles. The van der Waals surface area contributed by atoms with Crippen LogP contribution >= 0.6 is 11.3 Å². The van der Waals surface area contributed by atoms with E-state index in [1.54, 1.807) is 4.72 Å². The Morgan fingerprint density at radius 2 is 2.00 bits per heavy atom. The molecule has 0 fully saturated rings.